The van der Waals surface area contributed by atoms with Gasteiger partial charge in [-0.3, -0.25) is 0 Å². The monoisotopic (exact) mass is 676 g/mol. The zero-order valence-electron chi connectivity index (χ0n) is 27.2. The van der Waals surface area contributed by atoms with Gasteiger partial charge in [-0.1, -0.05) is 18.2 Å². The molecule has 1 aliphatic rings. The number of rotatable bonds is 12. The summed E-state index contributed by atoms with van der Waals surface area (Å²) in [6, 6.07) is 22.3. The zero-order valence-corrected chi connectivity index (χ0v) is 28.1. The Labute approximate surface area is 284 Å². The van der Waals surface area contributed by atoms with Gasteiger partial charge in [0.05, 0.1) is 4.90 Å². The Morgan fingerprint density at radius 1 is 0.980 bits per heavy atom. The van der Waals surface area contributed by atoms with Gasteiger partial charge < -0.3 is 5.32 Å². The number of sulfonamides is 1. The Kier molecular flexibility index (Phi) is 9.26. The topological polar surface area (TPSA) is 142 Å². The van der Waals surface area contributed by atoms with Crippen molar-refractivity contribution in [2.45, 2.75) is 43.2 Å². The number of hydrogen-bond donors (Lipinski definition) is 2. The maximum absolute atomic E-state index is 14.1. The first-order valence-corrected chi connectivity index (χ1v) is 17.8. The maximum atomic E-state index is 14.1. The molecule has 49 heavy (non-hydrogen) atoms. The van der Waals surface area contributed by atoms with E-state index in [0.717, 1.165) is 53.7 Å². The number of hydrogen-bond acceptors (Lipinski definition) is 9. The van der Waals surface area contributed by atoms with Crippen molar-refractivity contribution in [3.63, 3.8) is 0 Å². The van der Waals surface area contributed by atoms with Gasteiger partial charge in [-0.05, 0) is 84.5 Å². The second-order valence-electron chi connectivity index (χ2n) is 12.5. The molecule has 1 fully saturated rings. The Hall–Kier alpha value is -4.92. The minimum absolute atomic E-state index is 0.0782. The molecule has 0 spiro atoms. The predicted molar refractivity (Wildman–Crippen MR) is 192 cm³/mol. The van der Waals surface area contributed by atoms with Crippen molar-refractivity contribution < 1.29 is 13.0 Å². The molecule has 0 bridgehead atoms. The molecule has 4 heterocycles. The van der Waals surface area contributed by atoms with E-state index in [2.05, 4.69) is 33.1 Å². The molecule has 0 atom stereocenters. The average Bonchev–Trinajstić information content (AvgIpc) is 3.77. The Bertz CT molecular complexity index is 2260. The number of piperidine rings is 1. The van der Waals surface area contributed by atoms with Crippen LogP contribution < -0.4 is 11.0 Å². The van der Waals surface area contributed by atoms with E-state index in [9.17, 15) is 13.2 Å². The van der Waals surface area contributed by atoms with E-state index < -0.39 is 15.7 Å². The molecule has 7 rings (SSSR count). The molecule has 14 heteroatoms. The van der Waals surface area contributed by atoms with Gasteiger partial charge >= 0.3 is 122 Å². The van der Waals surface area contributed by atoms with Crippen LogP contribution in [0, 0.1) is 0 Å². The molecule has 0 unspecified atom stereocenters. The molecular weight excluding hydrogens is 639 g/mol. The van der Waals surface area contributed by atoms with E-state index >= 15 is 0 Å². The summed E-state index contributed by atoms with van der Waals surface area (Å²) in [4.78, 5) is 22.7. The predicted octanol–water partition coefficient (Wildman–Crippen LogP) is 3.38. The molecular formula is C35H37BN8O4S. The van der Waals surface area contributed by atoms with Crippen molar-refractivity contribution >= 4 is 45.7 Å². The number of nitrogens with one attached hydrogen (secondary N) is 2. The molecule has 3 aromatic carbocycles. The van der Waals surface area contributed by atoms with Crippen molar-refractivity contribution in [3.05, 3.63) is 101 Å². The van der Waals surface area contributed by atoms with Gasteiger partial charge in [0.15, 0.2) is 0 Å². The normalized spacial score (nSPS) is 14.1. The standard InChI is InChI=1S/C35H37BN8O4S/c1-42(23-36)21-25-4-9-28(10-5-25)43-22-27-20-32(38-34(27)39-35(43)45)26-7-11-30(12-8-26)49(46,47)44(29-14-16-37-17-15-29)18-2-3-24-6-13-31-33(19-24)41-48-40-31/h4-13,19-20,22-23,29,36-37H,2-3,14-18,21H2,1H3,(H,38,39,45). The van der Waals surface area contributed by atoms with Crippen molar-refractivity contribution in [1.82, 2.24) is 39.4 Å². The summed E-state index contributed by atoms with van der Waals surface area (Å²) in [6.45, 7) is 2.69. The minimum atomic E-state index is -3.76. The molecule has 0 amide bonds. The van der Waals surface area contributed by atoms with Gasteiger partial charge in [-0.15, -0.1) is 0 Å². The number of benzene rings is 3. The molecule has 0 radical (unpaired) electrons. The van der Waals surface area contributed by atoms with Crippen LogP contribution >= 0.6 is 0 Å². The van der Waals surface area contributed by atoms with Crippen LogP contribution in [0.5, 0.6) is 0 Å². The molecule has 1 saturated heterocycles. The Balaban J connectivity index is 1.09. The Morgan fingerprint density at radius 3 is 2.47 bits per heavy atom. The van der Waals surface area contributed by atoms with Gasteiger partial charge in [0.2, 0.25) is 10.0 Å². The van der Waals surface area contributed by atoms with Crippen molar-refractivity contribution in [2.75, 3.05) is 26.7 Å². The number of aromatic nitrogens is 5. The second kappa shape index (κ2) is 13.9. The number of aromatic amines is 1. The number of nitrogens with zero attached hydrogens (tertiary/aromatic N) is 6. The quantitative estimate of drug-likeness (QED) is 0.187. The van der Waals surface area contributed by atoms with Crippen LogP contribution in [0.15, 0.2) is 93.3 Å². The summed E-state index contributed by atoms with van der Waals surface area (Å²) < 4.78 is 36.3. The second-order valence-corrected chi connectivity index (χ2v) is 14.3. The van der Waals surface area contributed by atoms with Crippen molar-refractivity contribution in [1.29, 1.82) is 0 Å². The molecule has 0 saturated carbocycles. The van der Waals surface area contributed by atoms with Crippen LogP contribution in [0.1, 0.15) is 30.4 Å². The first kappa shape index (κ1) is 32.6. The SMILES string of the molecule is B=CN(C)Cc1ccc(-n2cc3cc(-c4ccc(S(=O)(=O)N(CCCc5ccc6nonc6c5)C5CCNCC5)cc4)[nH]c3nc2=O)cc1. The van der Waals surface area contributed by atoms with Gasteiger partial charge in [-0.25, -0.2) is 13.0 Å². The first-order chi connectivity index (χ1) is 23.8. The van der Waals surface area contributed by atoms with Gasteiger partial charge in [0, 0.05) is 12.6 Å². The molecule has 0 aliphatic carbocycles. The van der Waals surface area contributed by atoms with Gasteiger partial charge in [0.25, 0.3) is 0 Å². The fourth-order valence-corrected chi connectivity index (χ4v) is 8.13. The summed E-state index contributed by atoms with van der Waals surface area (Å²) in [7, 11) is 1.97. The fourth-order valence-electron chi connectivity index (χ4n) is 6.41. The summed E-state index contributed by atoms with van der Waals surface area (Å²) >= 11 is 0. The van der Waals surface area contributed by atoms with E-state index in [1.165, 1.54) is 4.57 Å². The van der Waals surface area contributed by atoms with Gasteiger partial charge in [0.1, 0.15) is 11.0 Å². The zero-order chi connectivity index (χ0) is 34.0. The third-order valence-corrected chi connectivity index (χ3v) is 11.1. The van der Waals surface area contributed by atoms with Crippen LogP contribution in [0.4, 0.5) is 0 Å². The summed E-state index contributed by atoms with van der Waals surface area (Å²) in [5.74, 6) is 0. The number of aryl methyl sites for hydroxylation is 1. The molecule has 3 aromatic heterocycles. The van der Waals surface area contributed by atoms with Crippen molar-refractivity contribution in [2.24, 2.45) is 0 Å². The van der Waals surface area contributed by atoms with E-state index in [0.29, 0.717) is 48.3 Å². The number of H-pyrrole nitrogens is 1. The molecule has 2 N–H and O–H groups in total. The first-order valence-electron chi connectivity index (χ1n) is 16.4. The van der Waals surface area contributed by atoms with Crippen LogP contribution in [0.2, 0.25) is 0 Å². The van der Waals surface area contributed by atoms with Crippen molar-refractivity contribution in [3.8, 4) is 16.9 Å². The van der Waals surface area contributed by atoms with Crippen LogP contribution in [0.3, 0.4) is 0 Å². The molecule has 1 aliphatic heterocycles. The van der Waals surface area contributed by atoms with E-state index in [-0.39, 0.29) is 10.9 Å². The van der Waals surface area contributed by atoms with Gasteiger partial charge in [-0.2, -0.15) is 4.31 Å². The molecule has 6 aromatic rings. The van der Waals surface area contributed by atoms with E-state index in [4.69, 9.17) is 4.63 Å². The number of fused-ring (bicyclic) bond motifs is 2. The van der Waals surface area contributed by atoms with E-state index in [1.54, 1.807) is 40.9 Å². The third kappa shape index (κ3) is 6.98. The third-order valence-electron chi connectivity index (χ3n) is 9.12. The van der Waals surface area contributed by atoms with Crippen LogP contribution in [-0.4, -0.2) is 88.8 Å². The molecule has 250 valence electrons. The Morgan fingerprint density at radius 2 is 1.71 bits per heavy atom. The van der Waals surface area contributed by atoms with Crippen LogP contribution in [-0.2, 0) is 23.0 Å². The van der Waals surface area contributed by atoms with E-state index in [1.807, 2.05) is 60.5 Å². The fraction of sp³-hybridized carbons (Fsp3) is 0.286. The molecule has 12 nitrogen and oxygen atoms in total. The summed E-state index contributed by atoms with van der Waals surface area (Å²) in [5.41, 5.74) is 5.86. The summed E-state index contributed by atoms with van der Waals surface area (Å²) in [5, 5.41) is 11.9. The summed E-state index contributed by atoms with van der Waals surface area (Å²) in [6.07, 6.45) is 6.42. The average molecular weight is 677 g/mol. The van der Waals surface area contributed by atoms with Crippen LogP contribution in [0.25, 0.3) is 39.0 Å².